The monoisotopic (exact) mass is 316 g/mol. The molecule has 0 radical (unpaired) electrons. The summed E-state index contributed by atoms with van der Waals surface area (Å²) in [7, 11) is 0. The van der Waals surface area contributed by atoms with E-state index in [-0.39, 0.29) is 10.8 Å². The first kappa shape index (κ1) is 21.2. The Morgan fingerprint density at radius 3 is 1.73 bits per heavy atom. The van der Waals surface area contributed by atoms with E-state index in [1.807, 2.05) is 27.7 Å². The Kier molecular flexibility index (Phi) is 6.95. The fourth-order valence-electron chi connectivity index (χ4n) is 3.01. The molecule has 0 N–H and O–H groups in total. The van der Waals surface area contributed by atoms with Gasteiger partial charge in [-0.05, 0) is 51.4 Å². The molecule has 0 spiro atoms. The van der Waals surface area contributed by atoms with Crippen molar-refractivity contribution in [1.82, 2.24) is 0 Å². The highest BCUT2D eigenvalue weighted by molar-refractivity contribution is 5.59. The maximum atomic E-state index is 11.9. The molecular formula is C18H36O4. The fourth-order valence-corrected chi connectivity index (χ4v) is 3.01. The van der Waals surface area contributed by atoms with Crippen LogP contribution in [0.15, 0.2) is 0 Å². The van der Waals surface area contributed by atoms with Crippen molar-refractivity contribution >= 4 is 6.16 Å². The molecule has 0 rings (SSSR count). The highest BCUT2D eigenvalue weighted by atomic mass is 17.2. The lowest BCUT2D eigenvalue weighted by Gasteiger charge is -2.34. The van der Waals surface area contributed by atoms with Crippen LogP contribution in [0.3, 0.4) is 0 Å². The summed E-state index contributed by atoms with van der Waals surface area (Å²) in [6, 6.07) is 0. The quantitative estimate of drug-likeness (QED) is 0.334. The number of ether oxygens (including phenoxy) is 1. The molecule has 132 valence electrons. The summed E-state index contributed by atoms with van der Waals surface area (Å²) in [4.78, 5) is 22.0. The molecule has 0 bridgehead atoms. The zero-order valence-electron chi connectivity index (χ0n) is 16.3. The van der Waals surface area contributed by atoms with Gasteiger partial charge in [-0.15, -0.1) is 0 Å². The number of carbonyl (C=O) groups is 1. The lowest BCUT2D eigenvalue weighted by molar-refractivity contribution is -0.326. The molecular weight excluding hydrogens is 280 g/mol. The van der Waals surface area contributed by atoms with Gasteiger partial charge >= 0.3 is 6.16 Å². The average molecular weight is 316 g/mol. The molecule has 0 saturated carbocycles. The molecule has 0 aliphatic rings. The van der Waals surface area contributed by atoms with Crippen LogP contribution in [0.4, 0.5) is 4.79 Å². The van der Waals surface area contributed by atoms with Gasteiger partial charge in [-0.1, -0.05) is 48.0 Å². The fraction of sp³-hybridized carbons (Fsp3) is 0.944. The second-order valence-electron chi connectivity index (χ2n) is 9.47. The molecule has 0 aromatic heterocycles. The molecule has 0 aromatic rings. The maximum absolute atomic E-state index is 11.9. The van der Waals surface area contributed by atoms with Crippen LogP contribution in [-0.2, 0) is 14.5 Å². The lowest BCUT2D eigenvalue weighted by Crippen LogP contribution is -2.36. The Balaban J connectivity index is 4.45. The summed E-state index contributed by atoms with van der Waals surface area (Å²) >= 11 is 0. The molecule has 0 fully saturated rings. The standard InChI is InChI=1S/C18H36O4/c1-11-16(5,6)13-17(7,8)20-14(19)21-22-18(9,10)12-15(2,3)4/h11-13H2,1-10H3. The largest absolute Gasteiger partial charge is 0.541 e. The van der Waals surface area contributed by atoms with Crippen molar-refractivity contribution in [1.29, 1.82) is 0 Å². The summed E-state index contributed by atoms with van der Waals surface area (Å²) in [5.41, 5.74) is -0.949. The molecule has 0 aromatic carbocycles. The van der Waals surface area contributed by atoms with Gasteiger partial charge in [-0.25, -0.2) is 4.79 Å². The summed E-state index contributed by atoms with van der Waals surface area (Å²) in [5, 5.41) is 0. The van der Waals surface area contributed by atoms with E-state index < -0.39 is 17.4 Å². The third-order valence-electron chi connectivity index (χ3n) is 3.51. The molecule has 0 heterocycles. The van der Waals surface area contributed by atoms with Crippen LogP contribution in [0.2, 0.25) is 0 Å². The van der Waals surface area contributed by atoms with E-state index in [2.05, 4.69) is 41.5 Å². The minimum Gasteiger partial charge on any atom is -0.426 e. The molecule has 4 nitrogen and oxygen atoms in total. The Labute approximate surface area is 136 Å². The highest BCUT2D eigenvalue weighted by Crippen LogP contribution is 2.33. The van der Waals surface area contributed by atoms with E-state index in [9.17, 15) is 4.79 Å². The van der Waals surface area contributed by atoms with Crippen LogP contribution in [0.1, 0.15) is 88.5 Å². The van der Waals surface area contributed by atoms with Crippen LogP contribution in [0.25, 0.3) is 0 Å². The molecule has 22 heavy (non-hydrogen) atoms. The van der Waals surface area contributed by atoms with Gasteiger partial charge in [0.2, 0.25) is 0 Å². The second-order valence-corrected chi connectivity index (χ2v) is 9.47. The molecule has 4 heteroatoms. The number of hydrogen-bond acceptors (Lipinski definition) is 4. The van der Waals surface area contributed by atoms with Crippen LogP contribution in [0.5, 0.6) is 0 Å². The Hall–Kier alpha value is -0.770. The van der Waals surface area contributed by atoms with Crippen LogP contribution >= 0.6 is 0 Å². The van der Waals surface area contributed by atoms with Crippen molar-refractivity contribution in [3.05, 3.63) is 0 Å². The predicted molar refractivity (Wildman–Crippen MR) is 89.6 cm³/mol. The summed E-state index contributed by atoms with van der Waals surface area (Å²) in [5.74, 6) is 0. The normalized spacial score (nSPS) is 13.9. The van der Waals surface area contributed by atoms with Crippen molar-refractivity contribution in [3.8, 4) is 0 Å². The minimum absolute atomic E-state index is 0.0845. The van der Waals surface area contributed by atoms with E-state index in [0.29, 0.717) is 0 Å². The number of carbonyl (C=O) groups excluding carboxylic acids is 1. The van der Waals surface area contributed by atoms with Gasteiger partial charge in [0.05, 0.1) is 0 Å². The Bertz CT molecular complexity index is 362. The Morgan fingerprint density at radius 2 is 1.32 bits per heavy atom. The molecule has 0 atom stereocenters. The summed E-state index contributed by atoms with van der Waals surface area (Å²) in [6.07, 6.45) is 1.76. The third-order valence-corrected chi connectivity index (χ3v) is 3.51. The van der Waals surface area contributed by atoms with Gasteiger partial charge in [0.15, 0.2) is 0 Å². The second kappa shape index (κ2) is 7.20. The van der Waals surface area contributed by atoms with E-state index in [1.54, 1.807) is 0 Å². The average Bonchev–Trinajstić information content (AvgIpc) is 2.21. The molecule has 0 saturated heterocycles. The van der Waals surface area contributed by atoms with E-state index in [4.69, 9.17) is 14.5 Å². The van der Waals surface area contributed by atoms with Gasteiger partial charge in [-0.3, -0.25) is 4.89 Å². The first-order valence-electron chi connectivity index (χ1n) is 8.16. The van der Waals surface area contributed by atoms with Crippen molar-refractivity contribution in [3.63, 3.8) is 0 Å². The van der Waals surface area contributed by atoms with Crippen molar-refractivity contribution in [2.24, 2.45) is 10.8 Å². The number of hydrogen-bond donors (Lipinski definition) is 0. The van der Waals surface area contributed by atoms with Crippen LogP contribution in [-0.4, -0.2) is 17.4 Å². The summed E-state index contributed by atoms with van der Waals surface area (Å²) in [6.45, 7) is 20.4. The third kappa shape index (κ3) is 10.0. The molecule has 0 aliphatic carbocycles. The van der Waals surface area contributed by atoms with E-state index >= 15 is 0 Å². The van der Waals surface area contributed by atoms with Crippen LogP contribution < -0.4 is 0 Å². The topological polar surface area (TPSA) is 44.8 Å². The molecule has 0 unspecified atom stereocenters. The van der Waals surface area contributed by atoms with Crippen molar-refractivity contribution in [2.45, 2.75) is 99.7 Å². The van der Waals surface area contributed by atoms with Crippen molar-refractivity contribution < 1.29 is 19.3 Å². The predicted octanol–water partition coefficient (Wildman–Crippen LogP) is 5.89. The van der Waals surface area contributed by atoms with E-state index in [0.717, 1.165) is 19.3 Å². The van der Waals surface area contributed by atoms with Crippen molar-refractivity contribution in [2.75, 3.05) is 0 Å². The first-order valence-corrected chi connectivity index (χ1v) is 8.16. The highest BCUT2D eigenvalue weighted by Gasteiger charge is 2.33. The number of rotatable bonds is 7. The van der Waals surface area contributed by atoms with Gasteiger partial charge in [-0.2, -0.15) is 4.89 Å². The molecule has 0 aliphatic heterocycles. The summed E-state index contributed by atoms with van der Waals surface area (Å²) < 4.78 is 5.41. The molecule has 0 amide bonds. The zero-order valence-corrected chi connectivity index (χ0v) is 16.3. The first-order chi connectivity index (χ1) is 9.58. The zero-order chi connectivity index (χ0) is 17.8. The maximum Gasteiger partial charge on any atom is 0.541 e. The SMILES string of the molecule is CCC(C)(C)CC(C)(C)OC(=O)OOC(C)(C)CC(C)(C)C. The van der Waals surface area contributed by atoms with Gasteiger partial charge in [0.1, 0.15) is 11.2 Å². The van der Waals surface area contributed by atoms with Gasteiger partial charge in [0.25, 0.3) is 0 Å². The van der Waals surface area contributed by atoms with E-state index in [1.165, 1.54) is 0 Å². The smallest absolute Gasteiger partial charge is 0.426 e. The van der Waals surface area contributed by atoms with Gasteiger partial charge < -0.3 is 4.74 Å². The lowest BCUT2D eigenvalue weighted by atomic mass is 9.80. The van der Waals surface area contributed by atoms with Crippen LogP contribution in [0, 0.1) is 10.8 Å². The minimum atomic E-state index is -0.779. The van der Waals surface area contributed by atoms with Gasteiger partial charge in [0, 0.05) is 0 Å². The Morgan fingerprint density at radius 1 is 0.818 bits per heavy atom.